The Hall–Kier alpha value is -11.3. The van der Waals surface area contributed by atoms with E-state index in [4.69, 9.17) is 31.5 Å². The first-order chi connectivity index (χ1) is 41.7. The lowest BCUT2D eigenvalue weighted by Crippen LogP contribution is -1.98. The highest BCUT2D eigenvalue weighted by Crippen LogP contribution is 2.36. The minimum atomic E-state index is -0.338. The van der Waals surface area contributed by atoms with Gasteiger partial charge in [0.25, 0.3) is 11.4 Å². The number of nitro groups is 2. The van der Waals surface area contributed by atoms with Gasteiger partial charge in [0.1, 0.15) is 0 Å². The van der Waals surface area contributed by atoms with Gasteiger partial charge in [-0.3, -0.25) is 20.2 Å². The second kappa shape index (κ2) is 24.8. The van der Waals surface area contributed by atoms with Gasteiger partial charge in [-0.2, -0.15) is 0 Å². The minimum absolute atomic E-state index is 0.0848. The molecule has 0 N–H and O–H groups in total. The summed E-state index contributed by atoms with van der Waals surface area (Å²) >= 11 is 6.15. The van der Waals surface area contributed by atoms with Crippen molar-refractivity contribution in [1.82, 2.24) is 24.5 Å². The van der Waals surface area contributed by atoms with Gasteiger partial charge in [0.05, 0.1) is 49.3 Å². The fraction of sp³-hybridized carbons (Fsp3) is 0.0137. The number of halogens is 1. The van der Waals surface area contributed by atoms with Gasteiger partial charge in [0.15, 0.2) is 11.6 Å². The maximum atomic E-state index is 11.7. The van der Waals surface area contributed by atoms with Crippen molar-refractivity contribution >= 4 is 40.0 Å². The number of benzene rings is 10. The normalized spacial score (nSPS) is 11.2. The van der Waals surface area contributed by atoms with E-state index in [1.165, 1.54) is 17.2 Å². The Kier molecular flexibility index (Phi) is 15.9. The van der Waals surface area contributed by atoms with Crippen LogP contribution < -0.4 is 0 Å². The second-order valence-corrected chi connectivity index (χ2v) is 20.4. The highest BCUT2D eigenvalue weighted by Gasteiger charge is 2.19. The summed E-state index contributed by atoms with van der Waals surface area (Å²) in [6.07, 6.45) is 7.11. The van der Waals surface area contributed by atoms with Crippen LogP contribution in [0.15, 0.2) is 285 Å². The molecule has 0 fully saturated rings. The van der Waals surface area contributed by atoms with E-state index in [2.05, 4.69) is 71.3 Å². The molecule has 13 aromatic rings. The average molecular weight is 1120 g/mol. The Morgan fingerprint density at radius 2 is 0.824 bits per heavy atom. The van der Waals surface area contributed by atoms with E-state index in [9.17, 15) is 20.2 Å². The molecular weight excluding hydrogens is 1070 g/mol. The Labute approximate surface area is 495 Å². The van der Waals surface area contributed by atoms with Crippen molar-refractivity contribution in [3.8, 4) is 95.7 Å². The molecule has 0 bridgehead atoms. The highest BCUT2D eigenvalue weighted by molar-refractivity contribution is 6.30. The fourth-order valence-corrected chi connectivity index (χ4v) is 10.5. The molecule has 0 spiro atoms. The quantitative estimate of drug-likeness (QED) is 0.0920. The van der Waals surface area contributed by atoms with Gasteiger partial charge in [-0.15, -0.1) is 0 Å². The topological polar surface area (TPSA) is 143 Å². The lowest BCUT2D eigenvalue weighted by atomic mass is 9.99. The van der Waals surface area contributed by atoms with E-state index in [1.54, 1.807) is 30.3 Å². The summed E-state index contributed by atoms with van der Waals surface area (Å²) in [7, 11) is 0. The Morgan fingerprint density at radius 1 is 0.388 bits per heavy atom. The van der Waals surface area contributed by atoms with E-state index in [0.717, 1.165) is 90.3 Å². The average Bonchev–Trinajstić information content (AvgIpc) is 4.38. The Morgan fingerprint density at radius 3 is 1.32 bits per heavy atom. The number of para-hydroxylation sites is 2. The molecule has 0 amide bonds. The molecule has 3 aromatic heterocycles. The summed E-state index contributed by atoms with van der Waals surface area (Å²) in [5.74, 6) is 1.30. The van der Waals surface area contributed by atoms with Crippen LogP contribution in [0, 0.1) is 20.2 Å². The summed E-state index contributed by atoms with van der Waals surface area (Å²) in [5, 5.41) is 24.4. The van der Waals surface area contributed by atoms with Crippen LogP contribution >= 0.6 is 11.6 Å². The van der Waals surface area contributed by atoms with Crippen LogP contribution in [-0.2, 0) is 6.42 Å². The number of hydrogen-bond acceptors (Lipinski definition) is 8. The van der Waals surface area contributed by atoms with Gasteiger partial charge in [-0.05, 0) is 101 Å². The molecule has 1 aliphatic rings. The highest BCUT2D eigenvalue weighted by atomic mass is 35.5. The molecule has 85 heavy (non-hydrogen) atoms. The van der Waals surface area contributed by atoms with Gasteiger partial charge in [0.2, 0.25) is 0 Å². The third-order valence-corrected chi connectivity index (χ3v) is 14.7. The van der Waals surface area contributed by atoms with Crippen LogP contribution in [-0.4, -0.2) is 34.3 Å². The molecule has 0 saturated carbocycles. The Balaban J connectivity index is 0.000000139. The largest absolute Gasteiger partial charge is 0.317 e. The maximum Gasteiger partial charge on any atom is 0.277 e. The molecule has 3 heterocycles. The molecule has 0 atom stereocenters. The zero-order valence-electron chi connectivity index (χ0n) is 45.6. The van der Waals surface area contributed by atoms with Crippen LogP contribution in [0.1, 0.15) is 11.1 Å². The van der Waals surface area contributed by atoms with Crippen molar-refractivity contribution in [2.24, 2.45) is 0 Å². The zero-order valence-corrected chi connectivity index (χ0v) is 46.3. The molecule has 11 nitrogen and oxygen atoms in total. The van der Waals surface area contributed by atoms with Gasteiger partial charge >= 0.3 is 0 Å². The first kappa shape index (κ1) is 54.3. The lowest BCUT2D eigenvalue weighted by molar-refractivity contribution is -0.384. The summed E-state index contributed by atoms with van der Waals surface area (Å²) in [5.41, 5.74) is 17.0. The Bertz CT molecular complexity index is 4480. The van der Waals surface area contributed by atoms with Crippen LogP contribution in [0.3, 0.4) is 0 Å². The number of aromatic nitrogens is 5. The monoisotopic (exact) mass is 1120 g/mol. The predicted octanol–water partition coefficient (Wildman–Crippen LogP) is 19.0. The fourth-order valence-electron chi connectivity index (χ4n) is 10.3. The smallest absolute Gasteiger partial charge is 0.277 e. The van der Waals surface area contributed by atoms with E-state index in [0.29, 0.717) is 27.8 Å². The summed E-state index contributed by atoms with van der Waals surface area (Å²) in [6, 6.07) is 88.0. The molecule has 12 heteroatoms. The van der Waals surface area contributed by atoms with E-state index in [-0.39, 0.29) is 21.2 Å². The second-order valence-electron chi connectivity index (χ2n) is 20.0. The number of hydrogen-bond donors (Lipinski definition) is 0. The van der Waals surface area contributed by atoms with Gasteiger partial charge in [-0.25, -0.2) is 19.9 Å². The van der Waals surface area contributed by atoms with Gasteiger partial charge in [0, 0.05) is 62.4 Å². The standard InChI is InChI=1S/C36H24N4O2.C22H15ClN2.C15H11NO2/c41-40(42)34-17-8-7-16-31(34)28-19-18-27-20-21-39(35(27)23-28)30-15-9-14-29(22-30)36-37-32(25-10-3-1-4-11-25)24-33(38-36)26-12-5-2-6-13-26;23-19-13-7-12-18(14-19)22-24-20(16-8-3-1-4-9-16)15-21(25-22)17-10-5-2-6-11-17;17-16(18)15-7-2-1-6-14(15)13-9-8-11-4-3-5-12(11)10-13/h1-24H;1-15H;1-4,6-10H,5H2. The molecule has 408 valence electrons. The van der Waals surface area contributed by atoms with Crippen LogP contribution in [0.25, 0.3) is 113 Å². The summed E-state index contributed by atoms with van der Waals surface area (Å²) in [6.45, 7) is 0. The van der Waals surface area contributed by atoms with Crippen molar-refractivity contribution in [3.05, 3.63) is 322 Å². The maximum absolute atomic E-state index is 11.7. The summed E-state index contributed by atoms with van der Waals surface area (Å²) in [4.78, 5) is 41.5. The minimum Gasteiger partial charge on any atom is -0.317 e. The SMILES string of the molecule is Clc1cccc(-c2nc(-c3ccccc3)cc(-c3ccccc3)n2)c1.O=[N+]([O-])c1ccccc1-c1ccc2c(c1)CC=C2.O=[N+]([O-])c1ccccc1-c1ccc2ccn(-c3cccc(-c4nc(-c5ccccc5)cc(-c5ccccc5)n4)c3)c2c1. The number of nitrogens with zero attached hydrogens (tertiary/aromatic N) is 7. The van der Waals surface area contributed by atoms with Crippen LogP contribution in [0.4, 0.5) is 11.4 Å². The lowest BCUT2D eigenvalue weighted by Gasteiger charge is -2.12. The predicted molar refractivity (Wildman–Crippen MR) is 342 cm³/mol. The van der Waals surface area contributed by atoms with Crippen LogP contribution in [0.5, 0.6) is 0 Å². The van der Waals surface area contributed by atoms with Crippen molar-refractivity contribution in [3.63, 3.8) is 0 Å². The first-order valence-corrected chi connectivity index (χ1v) is 27.8. The molecule has 14 rings (SSSR count). The molecule has 0 radical (unpaired) electrons. The van der Waals surface area contributed by atoms with Gasteiger partial charge in [-0.1, -0.05) is 218 Å². The molecule has 0 saturated heterocycles. The number of allylic oxidation sites excluding steroid dienone is 1. The van der Waals surface area contributed by atoms with Gasteiger partial charge < -0.3 is 4.57 Å². The molecular formula is C73H50ClN7O4. The van der Waals surface area contributed by atoms with Crippen molar-refractivity contribution in [2.75, 3.05) is 0 Å². The van der Waals surface area contributed by atoms with E-state index >= 15 is 0 Å². The third kappa shape index (κ3) is 12.3. The zero-order chi connectivity index (χ0) is 58.1. The molecule has 0 aliphatic heterocycles. The van der Waals surface area contributed by atoms with E-state index < -0.39 is 0 Å². The molecule has 1 aliphatic carbocycles. The molecule has 10 aromatic carbocycles. The summed E-state index contributed by atoms with van der Waals surface area (Å²) < 4.78 is 2.09. The molecule has 0 unspecified atom stereocenters. The van der Waals surface area contributed by atoms with Crippen molar-refractivity contribution < 1.29 is 9.85 Å². The van der Waals surface area contributed by atoms with Crippen molar-refractivity contribution in [2.45, 2.75) is 6.42 Å². The van der Waals surface area contributed by atoms with Crippen LogP contribution in [0.2, 0.25) is 5.02 Å². The third-order valence-electron chi connectivity index (χ3n) is 14.5. The number of rotatable bonds is 11. The number of fused-ring (bicyclic) bond motifs is 2. The number of nitro benzene ring substituents is 2. The first-order valence-electron chi connectivity index (χ1n) is 27.4. The van der Waals surface area contributed by atoms with E-state index in [1.807, 2.05) is 188 Å². The van der Waals surface area contributed by atoms with Crippen molar-refractivity contribution in [1.29, 1.82) is 0 Å².